The quantitative estimate of drug-likeness (QED) is 0.922. The van der Waals surface area contributed by atoms with E-state index in [2.05, 4.69) is 9.97 Å². The number of H-pyrrole nitrogens is 1. The maximum absolute atomic E-state index is 12.1. The van der Waals surface area contributed by atoms with Crippen molar-refractivity contribution in [3.63, 3.8) is 0 Å². The summed E-state index contributed by atoms with van der Waals surface area (Å²) in [6, 6.07) is 3.94. The van der Waals surface area contributed by atoms with Gasteiger partial charge in [0.15, 0.2) is 0 Å². The Hall–Kier alpha value is -2.24. The molecular weight excluding hydrogens is 294 g/mol. The van der Waals surface area contributed by atoms with Crippen molar-refractivity contribution >= 4 is 17.0 Å². The Bertz CT molecular complexity index is 682. The fourth-order valence-electron chi connectivity index (χ4n) is 2.69. The van der Waals surface area contributed by atoms with E-state index in [0.29, 0.717) is 19.0 Å². The number of rotatable bonds is 2. The van der Waals surface area contributed by atoms with Gasteiger partial charge in [-0.25, -0.2) is 9.78 Å². The second-order valence-electron chi connectivity index (χ2n) is 6.84. The summed E-state index contributed by atoms with van der Waals surface area (Å²) >= 11 is 0. The lowest BCUT2D eigenvalue weighted by atomic mass is 10.1. The van der Waals surface area contributed by atoms with Crippen molar-refractivity contribution in [2.75, 3.05) is 13.1 Å². The molecule has 2 aromatic heterocycles. The molecule has 2 aromatic rings. The lowest BCUT2D eigenvalue weighted by Crippen LogP contribution is -2.44. The van der Waals surface area contributed by atoms with Gasteiger partial charge in [-0.05, 0) is 32.9 Å². The van der Waals surface area contributed by atoms with E-state index in [1.54, 1.807) is 11.1 Å². The van der Waals surface area contributed by atoms with E-state index in [-0.39, 0.29) is 12.2 Å². The molecule has 23 heavy (non-hydrogen) atoms. The van der Waals surface area contributed by atoms with E-state index < -0.39 is 5.60 Å². The van der Waals surface area contributed by atoms with Gasteiger partial charge in [0.2, 0.25) is 5.88 Å². The number of carbonyl (C=O) groups is 1. The number of ether oxygens (including phenoxy) is 2. The molecule has 6 nitrogen and oxygen atoms in total. The number of carbonyl (C=O) groups excluding carboxylic acids is 1. The highest BCUT2D eigenvalue weighted by Crippen LogP contribution is 2.25. The third kappa shape index (κ3) is 3.75. The van der Waals surface area contributed by atoms with E-state index in [1.165, 1.54) is 0 Å². The minimum absolute atomic E-state index is 0.0649. The highest BCUT2D eigenvalue weighted by molar-refractivity contribution is 5.83. The fourth-order valence-corrected chi connectivity index (χ4v) is 2.69. The highest BCUT2D eigenvalue weighted by Gasteiger charge is 2.28. The maximum Gasteiger partial charge on any atom is 0.410 e. The average molecular weight is 317 g/mol. The summed E-state index contributed by atoms with van der Waals surface area (Å²) in [4.78, 5) is 21.3. The third-order valence-electron chi connectivity index (χ3n) is 3.81. The molecular formula is C17H23N3O3. The zero-order chi connectivity index (χ0) is 16.4. The summed E-state index contributed by atoms with van der Waals surface area (Å²) < 4.78 is 11.4. The van der Waals surface area contributed by atoms with Crippen LogP contribution in [0.15, 0.2) is 24.5 Å². The molecule has 3 rings (SSSR count). The molecule has 1 saturated heterocycles. The van der Waals surface area contributed by atoms with E-state index in [0.717, 1.165) is 23.7 Å². The van der Waals surface area contributed by atoms with Crippen molar-refractivity contribution in [1.29, 1.82) is 0 Å². The first-order valence-corrected chi connectivity index (χ1v) is 7.99. The number of aromatic amines is 1. The van der Waals surface area contributed by atoms with Crippen LogP contribution >= 0.6 is 0 Å². The number of amides is 1. The number of aromatic nitrogens is 2. The lowest BCUT2D eigenvalue weighted by molar-refractivity contribution is 0.0124. The van der Waals surface area contributed by atoms with E-state index >= 15 is 0 Å². The van der Waals surface area contributed by atoms with Gasteiger partial charge < -0.3 is 19.4 Å². The van der Waals surface area contributed by atoms with Crippen LogP contribution in [0.5, 0.6) is 5.88 Å². The van der Waals surface area contributed by atoms with Crippen molar-refractivity contribution in [3.05, 3.63) is 24.5 Å². The van der Waals surface area contributed by atoms with Gasteiger partial charge in [0.05, 0.1) is 0 Å². The molecule has 1 N–H and O–H groups in total. The normalized spacial score (nSPS) is 16.6. The molecule has 124 valence electrons. The van der Waals surface area contributed by atoms with Crippen molar-refractivity contribution < 1.29 is 14.3 Å². The summed E-state index contributed by atoms with van der Waals surface area (Å²) in [5.74, 6) is 0.628. The molecule has 0 spiro atoms. The van der Waals surface area contributed by atoms with Crippen molar-refractivity contribution in [2.45, 2.75) is 45.3 Å². The van der Waals surface area contributed by atoms with Gasteiger partial charge in [0, 0.05) is 43.7 Å². The van der Waals surface area contributed by atoms with Gasteiger partial charge in [0.1, 0.15) is 17.2 Å². The third-order valence-corrected chi connectivity index (χ3v) is 3.81. The van der Waals surface area contributed by atoms with Crippen LogP contribution in [0.2, 0.25) is 0 Å². The van der Waals surface area contributed by atoms with E-state index in [4.69, 9.17) is 9.47 Å². The first-order valence-electron chi connectivity index (χ1n) is 7.99. The molecule has 0 aromatic carbocycles. The van der Waals surface area contributed by atoms with Crippen LogP contribution in [0.1, 0.15) is 33.6 Å². The van der Waals surface area contributed by atoms with Crippen molar-refractivity contribution in [2.24, 2.45) is 0 Å². The molecule has 3 heterocycles. The average Bonchev–Trinajstić information content (AvgIpc) is 2.96. The molecule has 6 heteroatoms. The lowest BCUT2D eigenvalue weighted by Gasteiger charge is -2.33. The Morgan fingerprint density at radius 2 is 2.04 bits per heavy atom. The van der Waals surface area contributed by atoms with Crippen LogP contribution in [0.4, 0.5) is 4.79 Å². The Kier molecular flexibility index (Phi) is 4.15. The Morgan fingerprint density at radius 3 is 2.74 bits per heavy atom. The second kappa shape index (κ2) is 6.10. The molecule has 1 aliphatic rings. The van der Waals surface area contributed by atoms with Gasteiger partial charge in [-0.15, -0.1) is 0 Å². The second-order valence-corrected chi connectivity index (χ2v) is 6.84. The van der Waals surface area contributed by atoms with Crippen molar-refractivity contribution in [3.8, 4) is 5.88 Å². The van der Waals surface area contributed by atoms with Crippen LogP contribution in [-0.4, -0.2) is 45.8 Å². The van der Waals surface area contributed by atoms with Crippen LogP contribution in [0.3, 0.4) is 0 Å². The van der Waals surface area contributed by atoms with Crippen LogP contribution in [0.25, 0.3) is 10.9 Å². The minimum atomic E-state index is -0.461. The Labute approximate surface area is 135 Å². The number of hydrogen-bond donors (Lipinski definition) is 1. The molecule has 0 bridgehead atoms. The summed E-state index contributed by atoms with van der Waals surface area (Å²) in [7, 11) is 0. The monoisotopic (exact) mass is 317 g/mol. The predicted octanol–water partition coefficient (Wildman–Crippen LogP) is 3.34. The van der Waals surface area contributed by atoms with Gasteiger partial charge in [-0.2, -0.15) is 0 Å². The molecule has 1 aliphatic heterocycles. The molecule has 0 atom stereocenters. The van der Waals surface area contributed by atoms with Crippen LogP contribution < -0.4 is 4.74 Å². The zero-order valence-corrected chi connectivity index (χ0v) is 13.8. The van der Waals surface area contributed by atoms with Gasteiger partial charge in [0.25, 0.3) is 0 Å². The molecule has 0 unspecified atom stereocenters. The number of hydrogen-bond acceptors (Lipinski definition) is 4. The number of fused-ring (bicyclic) bond motifs is 1. The van der Waals surface area contributed by atoms with Crippen LogP contribution in [0, 0.1) is 0 Å². The standard InChI is InChI=1S/C17H23N3O3/c1-17(2,3)23-16(21)20-10-6-13(7-11-20)22-15-14-12(4-8-18-14)5-9-19-15/h4-5,8-9,13,18H,6-7,10-11H2,1-3H3. The fraction of sp³-hybridized carbons (Fsp3) is 0.529. The van der Waals surface area contributed by atoms with Crippen molar-refractivity contribution in [1.82, 2.24) is 14.9 Å². The number of nitrogens with zero attached hydrogens (tertiary/aromatic N) is 2. The number of likely N-dealkylation sites (tertiary alicyclic amines) is 1. The first-order chi connectivity index (χ1) is 10.9. The van der Waals surface area contributed by atoms with E-state index in [9.17, 15) is 4.79 Å². The number of piperidine rings is 1. The molecule has 0 aliphatic carbocycles. The Balaban J connectivity index is 1.57. The van der Waals surface area contributed by atoms with Gasteiger partial charge in [-0.1, -0.05) is 0 Å². The SMILES string of the molecule is CC(C)(C)OC(=O)N1CCC(Oc2nccc3cc[nH]c23)CC1. The minimum Gasteiger partial charge on any atom is -0.473 e. The molecule has 0 radical (unpaired) electrons. The van der Waals surface area contributed by atoms with Crippen LogP contribution in [-0.2, 0) is 4.74 Å². The summed E-state index contributed by atoms with van der Waals surface area (Å²) in [6.07, 6.45) is 5.00. The topological polar surface area (TPSA) is 67.4 Å². The first kappa shape index (κ1) is 15.6. The number of nitrogens with one attached hydrogen (secondary N) is 1. The number of pyridine rings is 1. The summed E-state index contributed by atoms with van der Waals surface area (Å²) in [6.45, 7) is 6.91. The van der Waals surface area contributed by atoms with Gasteiger partial charge >= 0.3 is 6.09 Å². The molecule has 0 saturated carbocycles. The predicted molar refractivity (Wildman–Crippen MR) is 87.6 cm³/mol. The Morgan fingerprint density at radius 1 is 1.30 bits per heavy atom. The highest BCUT2D eigenvalue weighted by atomic mass is 16.6. The smallest absolute Gasteiger partial charge is 0.410 e. The molecule has 1 amide bonds. The zero-order valence-electron chi connectivity index (χ0n) is 13.8. The summed E-state index contributed by atoms with van der Waals surface area (Å²) in [5.41, 5.74) is 0.458. The molecule has 1 fully saturated rings. The summed E-state index contributed by atoms with van der Waals surface area (Å²) in [5, 5.41) is 1.08. The van der Waals surface area contributed by atoms with E-state index in [1.807, 2.05) is 39.1 Å². The maximum atomic E-state index is 12.1. The largest absolute Gasteiger partial charge is 0.473 e. The van der Waals surface area contributed by atoms with Gasteiger partial charge in [-0.3, -0.25) is 0 Å².